The summed E-state index contributed by atoms with van der Waals surface area (Å²) in [6, 6.07) is 6.45. The number of methoxy groups -OCH3 is 1. The lowest BCUT2D eigenvalue weighted by Gasteiger charge is -2.23. The van der Waals surface area contributed by atoms with Crippen molar-refractivity contribution in [2.45, 2.75) is 19.4 Å². The van der Waals surface area contributed by atoms with Gasteiger partial charge in [-0.05, 0) is 30.0 Å². The number of nitrogens with two attached hydrogens (primary N) is 1. The summed E-state index contributed by atoms with van der Waals surface area (Å²) in [6.45, 7) is 2.74. The van der Waals surface area contributed by atoms with Crippen LogP contribution >= 0.6 is 0 Å². The zero-order chi connectivity index (χ0) is 12.0. The van der Waals surface area contributed by atoms with E-state index in [0.29, 0.717) is 6.61 Å². The van der Waals surface area contributed by atoms with E-state index in [1.807, 2.05) is 6.07 Å². The summed E-state index contributed by atoms with van der Waals surface area (Å²) in [5, 5.41) is 0. The molecule has 0 spiro atoms. The van der Waals surface area contributed by atoms with Gasteiger partial charge in [0.2, 0.25) is 0 Å². The second-order valence-electron chi connectivity index (χ2n) is 3.96. The zero-order valence-electron chi connectivity index (χ0n) is 9.74. The molecule has 90 valence electrons. The predicted molar refractivity (Wildman–Crippen MR) is 62.1 cm³/mol. The Morgan fingerprint density at radius 2 is 2.25 bits per heavy atom. The molecule has 16 heavy (non-hydrogen) atoms. The Bertz CT molecular complexity index is 320. The molecule has 0 aromatic heterocycles. The molecule has 0 heterocycles. The third kappa shape index (κ3) is 3.56. The average Bonchev–Trinajstić information content (AvgIpc) is 2.27. The molecule has 0 saturated carbocycles. The average molecular weight is 226 g/mol. The molecule has 0 aliphatic carbocycles. The molecule has 4 heteroatoms. The van der Waals surface area contributed by atoms with E-state index in [0.717, 1.165) is 12.0 Å². The van der Waals surface area contributed by atoms with Gasteiger partial charge in [0, 0.05) is 19.8 Å². The fourth-order valence-electron chi connectivity index (χ4n) is 1.76. The molecule has 0 amide bonds. The molecule has 1 rings (SSSR count). The molecular weight excluding hydrogens is 207 g/mol. The van der Waals surface area contributed by atoms with Crippen LogP contribution in [0.25, 0.3) is 0 Å². The predicted octanol–water partition coefficient (Wildman–Crippen LogP) is 2.00. The maximum absolute atomic E-state index is 13.1. The van der Waals surface area contributed by atoms with Crippen LogP contribution in [0.4, 0.5) is 4.39 Å². The number of nitrogens with one attached hydrogen (secondary N) is 1. The van der Waals surface area contributed by atoms with Gasteiger partial charge >= 0.3 is 0 Å². The number of halogens is 1. The first kappa shape index (κ1) is 13.1. The van der Waals surface area contributed by atoms with Crippen LogP contribution < -0.4 is 11.3 Å². The van der Waals surface area contributed by atoms with Gasteiger partial charge < -0.3 is 4.74 Å². The van der Waals surface area contributed by atoms with Crippen LogP contribution in [0.1, 0.15) is 24.9 Å². The first-order valence-corrected chi connectivity index (χ1v) is 5.39. The molecule has 0 fully saturated rings. The third-order valence-electron chi connectivity index (χ3n) is 2.73. The fourth-order valence-corrected chi connectivity index (χ4v) is 1.76. The van der Waals surface area contributed by atoms with Crippen molar-refractivity contribution in [1.82, 2.24) is 5.43 Å². The highest BCUT2D eigenvalue weighted by atomic mass is 19.1. The van der Waals surface area contributed by atoms with Crippen LogP contribution in [0.15, 0.2) is 24.3 Å². The Hall–Kier alpha value is -0.970. The van der Waals surface area contributed by atoms with Gasteiger partial charge in [0.25, 0.3) is 0 Å². The SMILES string of the molecule is COCCC(C)C(NN)c1cccc(F)c1. The van der Waals surface area contributed by atoms with E-state index < -0.39 is 0 Å². The number of ether oxygens (including phenoxy) is 1. The van der Waals surface area contributed by atoms with Crippen LogP contribution in [0, 0.1) is 11.7 Å². The van der Waals surface area contributed by atoms with Gasteiger partial charge in [-0.3, -0.25) is 11.3 Å². The standard InChI is InChI=1S/C12H19FN2O/c1-9(6-7-16-2)12(15-14)10-4-3-5-11(13)8-10/h3-5,8-9,12,15H,6-7,14H2,1-2H3. The minimum Gasteiger partial charge on any atom is -0.385 e. The van der Waals surface area contributed by atoms with E-state index in [1.54, 1.807) is 13.2 Å². The van der Waals surface area contributed by atoms with Gasteiger partial charge in [-0.25, -0.2) is 4.39 Å². The van der Waals surface area contributed by atoms with Crippen molar-refractivity contribution in [3.63, 3.8) is 0 Å². The normalized spacial score (nSPS) is 14.8. The van der Waals surface area contributed by atoms with Gasteiger partial charge in [-0.15, -0.1) is 0 Å². The van der Waals surface area contributed by atoms with Crippen LogP contribution in [0.2, 0.25) is 0 Å². The van der Waals surface area contributed by atoms with Crippen LogP contribution in [0.5, 0.6) is 0 Å². The van der Waals surface area contributed by atoms with Gasteiger partial charge in [0.15, 0.2) is 0 Å². The molecular formula is C12H19FN2O. The van der Waals surface area contributed by atoms with Crippen molar-refractivity contribution in [2.75, 3.05) is 13.7 Å². The largest absolute Gasteiger partial charge is 0.385 e. The minimum atomic E-state index is -0.239. The molecule has 2 unspecified atom stereocenters. The highest BCUT2D eigenvalue weighted by Gasteiger charge is 2.17. The fraction of sp³-hybridized carbons (Fsp3) is 0.500. The summed E-state index contributed by atoms with van der Waals surface area (Å²) in [5.74, 6) is 5.56. The quantitative estimate of drug-likeness (QED) is 0.576. The van der Waals surface area contributed by atoms with Crippen molar-refractivity contribution in [3.8, 4) is 0 Å². The van der Waals surface area contributed by atoms with Gasteiger partial charge in [-0.2, -0.15) is 0 Å². The summed E-state index contributed by atoms with van der Waals surface area (Å²) in [4.78, 5) is 0. The molecule has 0 aliphatic heterocycles. The number of benzene rings is 1. The number of hydrazine groups is 1. The van der Waals surface area contributed by atoms with E-state index in [2.05, 4.69) is 12.3 Å². The molecule has 0 bridgehead atoms. The summed E-state index contributed by atoms with van der Waals surface area (Å²) < 4.78 is 18.1. The molecule has 1 aromatic carbocycles. The topological polar surface area (TPSA) is 47.3 Å². The summed E-state index contributed by atoms with van der Waals surface area (Å²) in [6.07, 6.45) is 0.877. The highest BCUT2D eigenvalue weighted by molar-refractivity contribution is 5.20. The van der Waals surface area contributed by atoms with Gasteiger partial charge in [0.05, 0.1) is 0 Å². The first-order chi connectivity index (χ1) is 7.69. The summed E-state index contributed by atoms with van der Waals surface area (Å²) >= 11 is 0. The molecule has 2 atom stereocenters. The van der Waals surface area contributed by atoms with E-state index in [4.69, 9.17) is 10.6 Å². The maximum atomic E-state index is 13.1. The lowest BCUT2D eigenvalue weighted by Crippen LogP contribution is -2.33. The van der Waals surface area contributed by atoms with Crippen LogP contribution in [-0.4, -0.2) is 13.7 Å². The van der Waals surface area contributed by atoms with Crippen LogP contribution in [0.3, 0.4) is 0 Å². The van der Waals surface area contributed by atoms with Crippen molar-refractivity contribution >= 4 is 0 Å². The lowest BCUT2D eigenvalue weighted by atomic mass is 9.92. The van der Waals surface area contributed by atoms with Crippen molar-refractivity contribution in [1.29, 1.82) is 0 Å². The van der Waals surface area contributed by atoms with E-state index in [9.17, 15) is 4.39 Å². The lowest BCUT2D eigenvalue weighted by molar-refractivity contribution is 0.170. The minimum absolute atomic E-state index is 0.0501. The van der Waals surface area contributed by atoms with E-state index in [-0.39, 0.29) is 17.8 Å². The van der Waals surface area contributed by atoms with E-state index >= 15 is 0 Å². The second-order valence-corrected chi connectivity index (χ2v) is 3.96. The first-order valence-electron chi connectivity index (χ1n) is 5.39. The summed E-state index contributed by atoms with van der Waals surface area (Å²) in [7, 11) is 1.67. The van der Waals surface area contributed by atoms with Crippen molar-refractivity contribution in [2.24, 2.45) is 11.8 Å². The van der Waals surface area contributed by atoms with Crippen molar-refractivity contribution < 1.29 is 9.13 Å². The molecule has 3 nitrogen and oxygen atoms in total. The van der Waals surface area contributed by atoms with E-state index in [1.165, 1.54) is 12.1 Å². The Kier molecular flexibility index (Phi) is 5.38. The van der Waals surface area contributed by atoms with Gasteiger partial charge in [-0.1, -0.05) is 19.1 Å². The monoisotopic (exact) mass is 226 g/mol. The molecule has 1 aromatic rings. The number of rotatable bonds is 6. The Morgan fingerprint density at radius 3 is 2.81 bits per heavy atom. The third-order valence-corrected chi connectivity index (χ3v) is 2.73. The van der Waals surface area contributed by atoms with Gasteiger partial charge in [0.1, 0.15) is 5.82 Å². The number of hydrogen-bond acceptors (Lipinski definition) is 3. The molecule has 3 N–H and O–H groups in total. The highest BCUT2D eigenvalue weighted by Crippen LogP contribution is 2.24. The Labute approximate surface area is 95.8 Å². The smallest absolute Gasteiger partial charge is 0.123 e. The Morgan fingerprint density at radius 1 is 1.50 bits per heavy atom. The van der Waals surface area contributed by atoms with Crippen molar-refractivity contribution in [3.05, 3.63) is 35.6 Å². The zero-order valence-corrected chi connectivity index (χ0v) is 9.74. The second kappa shape index (κ2) is 6.58. The molecule has 0 radical (unpaired) electrons. The molecule has 0 saturated heterocycles. The summed E-state index contributed by atoms with van der Waals surface area (Å²) in [5.41, 5.74) is 3.60. The molecule has 0 aliphatic rings. The maximum Gasteiger partial charge on any atom is 0.123 e. The number of hydrogen-bond donors (Lipinski definition) is 2. The van der Waals surface area contributed by atoms with Crippen LogP contribution in [-0.2, 0) is 4.74 Å². The Balaban J connectivity index is 2.73.